The van der Waals surface area contributed by atoms with E-state index in [-0.39, 0.29) is 36.7 Å². The van der Waals surface area contributed by atoms with E-state index in [1.54, 1.807) is 24.3 Å². The van der Waals surface area contributed by atoms with Crippen LogP contribution in [0.3, 0.4) is 0 Å². The number of aryl methyl sites for hydroxylation is 1. The number of imidazole rings is 1. The molecule has 1 aliphatic rings. The summed E-state index contributed by atoms with van der Waals surface area (Å²) in [5, 5.41) is 12.6. The highest BCUT2D eigenvalue weighted by Gasteiger charge is 2.33. The molecular formula is C48H46N4O6S. The van der Waals surface area contributed by atoms with E-state index >= 15 is 0 Å². The number of ether oxygens (including phenoxy) is 2. The summed E-state index contributed by atoms with van der Waals surface area (Å²) in [6.45, 7) is 2.68. The molecule has 11 heteroatoms. The summed E-state index contributed by atoms with van der Waals surface area (Å²) in [5.74, 6) is -0.422. The Morgan fingerprint density at radius 3 is 2.25 bits per heavy atom. The average Bonchev–Trinajstić information content (AvgIpc) is 3.68. The normalized spacial score (nSPS) is 17.4. The van der Waals surface area contributed by atoms with Gasteiger partial charge in [-0.15, -0.1) is 0 Å². The standard InChI is InChI=1S/C48H46N4O6S/c1-33-14-24-42(25-15-33)59(55,56)51-44(27-34-8-3-2-4-9-34)47(54)49-29-36-10-7-11-40(26-36)37-20-22-39(23-21-37)48-57-41(30-52-32-50-43-12-5-6-13-45(43)52)28-46(58-48)38-18-16-35(31-53)17-19-38/h2-26,32,41,44,46,48,51,53H,27-31H2,1H3,(H,49,54)/t41-,44+,46+,48+/m0/s1. The van der Waals surface area contributed by atoms with E-state index in [0.29, 0.717) is 13.0 Å². The summed E-state index contributed by atoms with van der Waals surface area (Å²) < 4.78 is 44.7. The second kappa shape index (κ2) is 17.9. The zero-order valence-corrected chi connectivity index (χ0v) is 33.5. The lowest BCUT2D eigenvalue weighted by Crippen LogP contribution is -2.47. The minimum atomic E-state index is -3.96. The Balaban J connectivity index is 0.966. The lowest BCUT2D eigenvalue weighted by molar-refractivity contribution is -0.252. The van der Waals surface area contributed by atoms with Crippen LogP contribution in [0.4, 0.5) is 0 Å². The maximum absolute atomic E-state index is 13.7. The van der Waals surface area contributed by atoms with Crippen molar-refractivity contribution in [2.75, 3.05) is 0 Å². The first-order valence-electron chi connectivity index (χ1n) is 19.7. The molecule has 0 bridgehead atoms. The first kappa shape index (κ1) is 39.9. The Labute approximate surface area is 344 Å². The summed E-state index contributed by atoms with van der Waals surface area (Å²) in [6.07, 6.45) is 1.69. The van der Waals surface area contributed by atoms with Gasteiger partial charge in [0, 0.05) is 18.5 Å². The van der Waals surface area contributed by atoms with Gasteiger partial charge in [0.25, 0.3) is 0 Å². The van der Waals surface area contributed by atoms with E-state index in [4.69, 9.17) is 9.47 Å². The zero-order chi connectivity index (χ0) is 40.8. The quantitative estimate of drug-likeness (QED) is 0.102. The van der Waals surface area contributed by atoms with E-state index in [1.807, 2.05) is 135 Å². The fourth-order valence-electron chi connectivity index (χ4n) is 7.42. The lowest BCUT2D eigenvalue weighted by atomic mass is 9.99. The number of fused-ring (bicyclic) bond motifs is 1. The summed E-state index contributed by atoms with van der Waals surface area (Å²) in [6, 6.07) is 46.8. The van der Waals surface area contributed by atoms with Crippen LogP contribution in [0.1, 0.15) is 52.2 Å². The maximum Gasteiger partial charge on any atom is 0.241 e. The molecule has 1 amide bonds. The zero-order valence-electron chi connectivity index (χ0n) is 32.6. The van der Waals surface area contributed by atoms with Crippen molar-refractivity contribution in [3.8, 4) is 11.1 Å². The molecule has 300 valence electrons. The number of sulfonamides is 1. The molecule has 0 unspecified atom stereocenters. The van der Waals surface area contributed by atoms with Gasteiger partial charge in [-0.3, -0.25) is 4.79 Å². The Morgan fingerprint density at radius 1 is 0.780 bits per heavy atom. The van der Waals surface area contributed by atoms with Crippen LogP contribution in [-0.2, 0) is 50.4 Å². The van der Waals surface area contributed by atoms with Gasteiger partial charge >= 0.3 is 0 Å². The van der Waals surface area contributed by atoms with E-state index < -0.39 is 28.3 Å². The molecule has 3 N–H and O–H groups in total. The third-order valence-corrected chi connectivity index (χ3v) is 12.2. The molecule has 0 spiro atoms. The average molecular weight is 807 g/mol. The third kappa shape index (κ3) is 9.68. The van der Waals surface area contributed by atoms with E-state index in [1.165, 1.54) is 0 Å². The molecule has 10 nitrogen and oxygen atoms in total. The van der Waals surface area contributed by atoms with Crippen LogP contribution in [0.15, 0.2) is 163 Å². The molecule has 7 aromatic rings. The number of aliphatic hydroxyl groups is 1. The van der Waals surface area contributed by atoms with Gasteiger partial charge in [-0.2, -0.15) is 4.72 Å². The second-order valence-electron chi connectivity index (χ2n) is 15.0. The molecule has 0 aliphatic carbocycles. The molecule has 2 heterocycles. The summed E-state index contributed by atoms with van der Waals surface area (Å²) >= 11 is 0. The molecular weight excluding hydrogens is 761 g/mol. The first-order valence-corrected chi connectivity index (χ1v) is 21.2. The molecule has 1 aliphatic heterocycles. The molecule has 1 fully saturated rings. The third-order valence-electron chi connectivity index (χ3n) is 10.7. The molecule has 1 saturated heterocycles. The Bertz CT molecular complexity index is 2610. The topological polar surface area (TPSA) is 132 Å². The van der Waals surface area contributed by atoms with Crippen LogP contribution in [0.5, 0.6) is 0 Å². The lowest BCUT2D eigenvalue weighted by Gasteiger charge is -2.36. The van der Waals surface area contributed by atoms with Crippen LogP contribution < -0.4 is 10.0 Å². The van der Waals surface area contributed by atoms with Crippen molar-refractivity contribution in [3.63, 3.8) is 0 Å². The number of para-hydroxylation sites is 2. The van der Waals surface area contributed by atoms with Crippen LogP contribution in [0, 0.1) is 6.92 Å². The van der Waals surface area contributed by atoms with Crippen LogP contribution >= 0.6 is 0 Å². The fraction of sp³-hybridized carbons (Fsp3) is 0.208. The number of nitrogens with one attached hydrogen (secondary N) is 2. The molecule has 0 saturated carbocycles. The number of nitrogens with zero attached hydrogens (tertiary/aromatic N) is 2. The van der Waals surface area contributed by atoms with Crippen LogP contribution in [0.25, 0.3) is 22.2 Å². The Kier molecular flexibility index (Phi) is 12.1. The highest BCUT2D eigenvalue weighted by atomic mass is 32.2. The number of aromatic nitrogens is 2. The fourth-order valence-corrected chi connectivity index (χ4v) is 8.62. The minimum absolute atomic E-state index is 0.0220. The predicted octanol–water partition coefficient (Wildman–Crippen LogP) is 7.96. The van der Waals surface area contributed by atoms with Gasteiger partial charge in [0.05, 0.1) is 47.6 Å². The number of carbonyl (C=O) groups excluding carboxylic acids is 1. The maximum atomic E-state index is 13.7. The molecule has 59 heavy (non-hydrogen) atoms. The van der Waals surface area contributed by atoms with Crippen molar-refractivity contribution in [2.24, 2.45) is 0 Å². The molecule has 0 radical (unpaired) electrons. The monoisotopic (exact) mass is 806 g/mol. The SMILES string of the molecule is Cc1ccc(S(=O)(=O)N[C@H](Cc2ccccc2)C(=O)NCc2cccc(-c3ccc([C@@H]4O[C@H](Cn5cnc6ccccc65)C[C@H](c5ccc(CO)cc5)O4)cc3)c2)cc1. The van der Waals surface area contributed by atoms with Crippen molar-refractivity contribution < 1.29 is 27.8 Å². The van der Waals surface area contributed by atoms with Gasteiger partial charge in [-0.05, 0) is 77.1 Å². The van der Waals surface area contributed by atoms with E-state index in [2.05, 4.69) is 25.7 Å². The van der Waals surface area contributed by atoms with Gasteiger partial charge < -0.3 is 24.5 Å². The highest BCUT2D eigenvalue weighted by molar-refractivity contribution is 7.89. The van der Waals surface area contributed by atoms with Crippen LogP contribution in [-0.4, -0.2) is 41.1 Å². The highest BCUT2D eigenvalue weighted by Crippen LogP contribution is 2.39. The van der Waals surface area contributed by atoms with E-state index in [9.17, 15) is 18.3 Å². The smallest absolute Gasteiger partial charge is 0.241 e. The Hall–Kier alpha value is -5.95. The predicted molar refractivity (Wildman–Crippen MR) is 227 cm³/mol. The van der Waals surface area contributed by atoms with Gasteiger partial charge in [0.1, 0.15) is 6.04 Å². The van der Waals surface area contributed by atoms with Gasteiger partial charge in [-0.25, -0.2) is 13.4 Å². The van der Waals surface area contributed by atoms with Crippen molar-refractivity contribution in [2.45, 2.75) is 68.9 Å². The number of carbonyl (C=O) groups is 1. The van der Waals surface area contributed by atoms with Crippen molar-refractivity contribution in [1.82, 2.24) is 19.6 Å². The van der Waals surface area contributed by atoms with Gasteiger partial charge in [-0.1, -0.05) is 127 Å². The van der Waals surface area contributed by atoms with Crippen molar-refractivity contribution >= 4 is 27.0 Å². The number of amides is 1. The summed E-state index contributed by atoms with van der Waals surface area (Å²) in [7, 11) is -3.96. The molecule has 6 aromatic carbocycles. The number of hydrogen-bond donors (Lipinski definition) is 3. The summed E-state index contributed by atoms with van der Waals surface area (Å²) in [4.78, 5) is 18.3. The molecule has 8 rings (SSSR count). The first-order chi connectivity index (χ1) is 28.7. The van der Waals surface area contributed by atoms with E-state index in [0.717, 1.165) is 55.5 Å². The molecule has 1 aromatic heterocycles. The largest absolute Gasteiger partial charge is 0.392 e. The number of rotatable bonds is 14. The number of hydrogen-bond acceptors (Lipinski definition) is 7. The van der Waals surface area contributed by atoms with Crippen molar-refractivity contribution in [1.29, 1.82) is 0 Å². The minimum Gasteiger partial charge on any atom is -0.392 e. The second-order valence-corrected chi connectivity index (χ2v) is 16.7. The van der Waals surface area contributed by atoms with Gasteiger partial charge in [0.15, 0.2) is 6.29 Å². The number of benzene rings is 6. The van der Waals surface area contributed by atoms with Crippen molar-refractivity contribution in [3.05, 3.63) is 191 Å². The number of aliphatic hydroxyl groups excluding tert-OH is 1. The van der Waals surface area contributed by atoms with Gasteiger partial charge in [0.2, 0.25) is 15.9 Å². The summed E-state index contributed by atoms with van der Waals surface area (Å²) in [5.41, 5.74) is 9.30. The molecule has 4 atom stereocenters. The van der Waals surface area contributed by atoms with Crippen LogP contribution in [0.2, 0.25) is 0 Å². The Morgan fingerprint density at radius 2 is 1.49 bits per heavy atom.